The van der Waals surface area contributed by atoms with E-state index in [0.717, 1.165) is 18.7 Å². The summed E-state index contributed by atoms with van der Waals surface area (Å²) in [7, 11) is 0. The second kappa shape index (κ2) is 6.07. The molecule has 0 saturated carbocycles. The van der Waals surface area contributed by atoms with Crippen LogP contribution in [-0.4, -0.2) is 28.6 Å². The Balaban J connectivity index is 2.45. The molecule has 0 radical (unpaired) electrons. The van der Waals surface area contributed by atoms with E-state index in [1.54, 1.807) is 12.1 Å². The summed E-state index contributed by atoms with van der Waals surface area (Å²) in [6.07, 6.45) is 2.10. The SMILES string of the molecule is CSC(C)(C)CNCc1ccc(C(=O)O)cc1. The Kier molecular flexibility index (Phi) is 5.02. The van der Waals surface area contributed by atoms with E-state index in [9.17, 15) is 4.79 Å². The first kappa shape index (κ1) is 14.1. The van der Waals surface area contributed by atoms with E-state index in [-0.39, 0.29) is 4.75 Å². The highest BCUT2D eigenvalue weighted by molar-refractivity contribution is 7.99. The van der Waals surface area contributed by atoms with Gasteiger partial charge in [0, 0.05) is 17.8 Å². The fraction of sp³-hybridized carbons (Fsp3) is 0.462. The highest BCUT2D eigenvalue weighted by Gasteiger charge is 2.14. The first-order valence-corrected chi connectivity index (χ1v) is 6.75. The summed E-state index contributed by atoms with van der Waals surface area (Å²) in [6.45, 7) is 6.08. The van der Waals surface area contributed by atoms with Gasteiger partial charge in [0.25, 0.3) is 0 Å². The van der Waals surface area contributed by atoms with Crippen LogP contribution < -0.4 is 5.32 Å². The average Bonchev–Trinajstić information content (AvgIpc) is 2.29. The first-order valence-electron chi connectivity index (χ1n) is 5.53. The first-order chi connectivity index (χ1) is 7.94. The normalized spacial score (nSPS) is 11.5. The van der Waals surface area contributed by atoms with Gasteiger partial charge in [-0.1, -0.05) is 12.1 Å². The van der Waals surface area contributed by atoms with Gasteiger partial charge in [0.2, 0.25) is 0 Å². The van der Waals surface area contributed by atoms with Crippen LogP contribution in [0.4, 0.5) is 0 Å². The number of carboxylic acid groups (broad SMARTS) is 1. The summed E-state index contributed by atoms with van der Waals surface area (Å²) >= 11 is 1.83. The molecule has 0 aromatic heterocycles. The van der Waals surface area contributed by atoms with Crippen LogP contribution in [0.25, 0.3) is 0 Å². The number of carboxylic acids is 1. The molecule has 1 aromatic carbocycles. The molecule has 0 heterocycles. The van der Waals surface area contributed by atoms with Crippen LogP contribution in [0.3, 0.4) is 0 Å². The van der Waals surface area contributed by atoms with E-state index in [2.05, 4.69) is 25.4 Å². The van der Waals surface area contributed by atoms with Crippen LogP contribution in [0.2, 0.25) is 0 Å². The summed E-state index contributed by atoms with van der Waals surface area (Å²) in [5.74, 6) is -0.881. The van der Waals surface area contributed by atoms with Crippen molar-refractivity contribution in [3.63, 3.8) is 0 Å². The van der Waals surface area contributed by atoms with Crippen molar-refractivity contribution in [2.45, 2.75) is 25.1 Å². The van der Waals surface area contributed by atoms with Crippen molar-refractivity contribution in [1.82, 2.24) is 5.32 Å². The number of nitrogens with one attached hydrogen (secondary N) is 1. The number of thioether (sulfide) groups is 1. The average molecular weight is 253 g/mol. The number of carbonyl (C=O) groups is 1. The molecular formula is C13H19NO2S. The third kappa shape index (κ3) is 4.79. The minimum absolute atomic E-state index is 0.223. The van der Waals surface area contributed by atoms with Gasteiger partial charge in [0.1, 0.15) is 0 Å². The second-order valence-electron chi connectivity index (χ2n) is 4.57. The van der Waals surface area contributed by atoms with Gasteiger partial charge in [0.05, 0.1) is 5.56 Å². The zero-order valence-corrected chi connectivity index (χ0v) is 11.3. The molecule has 0 unspecified atom stereocenters. The van der Waals surface area contributed by atoms with E-state index >= 15 is 0 Å². The van der Waals surface area contributed by atoms with Crippen molar-refractivity contribution in [3.8, 4) is 0 Å². The molecule has 1 aromatic rings. The summed E-state index contributed by atoms with van der Waals surface area (Å²) < 4.78 is 0.223. The molecule has 0 amide bonds. The van der Waals surface area contributed by atoms with Crippen LogP contribution >= 0.6 is 11.8 Å². The van der Waals surface area contributed by atoms with Gasteiger partial charge in [-0.3, -0.25) is 0 Å². The molecule has 0 atom stereocenters. The zero-order valence-electron chi connectivity index (χ0n) is 10.5. The molecule has 0 spiro atoms. The van der Waals surface area contributed by atoms with E-state index in [4.69, 9.17) is 5.11 Å². The highest BCUT2D eigenvalue weighted by atomic mass is 32.2. The Labute approximate surface area is 107 Å². The molecular weight excluding hydrogens is 234 g/mol. The maximum Gasteiger partial charge on any atom is 0.335 e. The van der Waals surface area contributed by atoms with Crippen LogP contribution in [0.5, 0.6) is 0 Å². The van der Waals surface area contributed by atoms with Crippen molar-refractivity contribution in [1.29, 1.82) is 0 Å². The maximum absolute atomic E-state index is 10.7. The predicted octanol–water partition coefficient (Wildman–Crippen LogP) is 2.62. The minimum Gasteiger partial charge on any atom is -0.478 e. The summed E-state index contributed by atoms with van der Waals surface area (Å²) in [4.78, 5) is 10.7. The Morgan fingerprint density at radius 1 is 1.35 bits per heavy atom. The molecule has 0 aliphatic heterocycles. The molecule has 2 N–H and O–H groups in total. The van der Waals surface area contributed by atoms with E-state index in [1.165, 1.54) is 0 Å². The lowest BCUT2D eigenvalue weighted by Gasteiger charge is -2.22. The van der Waals surface area contributed by atoms with E-state index < -0.39 is 5.97 Å². The minimum atomic E-state index is -0.881. The van der Waals surface area contributed by atoms with Crippen LogP contribution in [0, 0.1) is 0 Å². The fourth-order valence-corrected chi connectivity index (χ4v) is 1.59. The van der Waals surface area contributed by atoms with Gasteiger partial charge >= 0.3 is 5.97 Å². The van der Waals surface area contributed by atoms with Crippen molar-refractivity contribution < 1.29 is 9.90 Å². The predicted molar refractivity (Wildman–Crippen MR) is 72.7 cm³/mol. The Morgan fingerprint density at radius 3 is 2.41 bits per heavy atom. The van der Waals surface area contributed by atoms with Crippen LogP contribution in [0.15, 0.2) is 24.3 Å². The van der Waals surface area contributed by atoms with Gasteiger partial charge < -0.3 is 10.4 Å². The van der Waals surface area contributed by atoms with Crippen molar-refractivity contribution in [2.75, 3.05) is 12.8 Å². The molecule has 0 aliphatic carbocycles. The topological polar surface area (TPSA) is 49.3 Å². The van der Waals surface area contributed by atoms with Gasteiger partial charge in [0.15, 0.2) is 0 Å². The van der Waals surface area contributed by atoms with Crippen LogP contribution in [-0.2, 0) is 6.54 Å². The smallest absolute Gasteiger partial charge is 0.335 e. The molecule has 0 bridgehead atoms. The van der Waals surface area contributed by atoms with E-state index in [1.807, 2.05) is 23.9 Å². The molecule has 3 nitrogen and oxygen atoms in total. The Bertz CT molecular complexity index is 374. The third-order valence-corrected chi connectivity index (χ3v) is 3.88. The largest absolute Gasteiger partial charge is 0.478 e. The molecule has 0 aliphatic rings. The molecule has 94 valence electrons. The Hall–Kier alpha value is -1.00. The second-order valence-corrected chi connectivity index (χ2v) is 6.08. The standard InChI is InChI=1S/C13H19NO2S/c1-13(2,17-3)9-14-8-10-4-6-11(7-5-10)12(15)16/h4-7,14H,8-9H2,1-3H3,(H,15,16). The number of rotatable bonds is 6. The van der Waals surface area contributed by atoms with Crippen molar-refractivity contribution >= 4 is 17.7 Å². The maximum atomic E-state index is 10.7. The quantitative estimate of drug-likeness (QED) is 0.818. The number of hydrogen-bond acceptors (Lipinski definition) is 3. The lowest BCUT2D eigenvalue weighted by molar-refractivity contribution is 0.0697. The molecule has 17 heavy (non-hydrogen) atoms. The lowest BCUT2D eigenvalue weighted by atomic mass is 10.1. The third-order valence-electron chi connectivity index (χ3n) is 2.63. The van der Waals surface area contributed by atoms with Crippen molar-refractivity contribution in [2.24, 2.45) is 0 Å². The van der Waals surface area contributed by atoms with Gasteiger partial charge in [-0.05, 0) is 37.8 Å². The molecule has 0 fully saturated rings. The number of hydrogen-bond donors (Lipinski definition) is 2. The highest BCUT2D eigenvalue weighted by Crippen LogP contribution is 2.19. The molecule has 4 heteroatoms. The summed E-state index contributed by atoms with van der Waals surface area (Å²) in [5.41, 5.74) is 1.44. The van der Waals surface area contributed by atoms with E-state index in [0.29, 0.717) is 5.56 Å². The monoisotopic (exact) mass is 253 g/mol. The van der Waals surface area contributed by atoms with Crippen LogP contribution in [0.1, 0.15) is 29.8 Å². The number of aromatic carboxylic acids is 1. The number of benzene rings is 1. The summed E-state index contributed by atoms with van der Waals surface area (Å²) in [6, 6.07) is 6.98. The van der Waals surface area contributed by atoms with Crippen molar-refractivity contribution in [3.05, 3.63) is 35.4 Å². The molecule has 1 rings (SSSR count). The molecule has 0 saturated heterocycles. The Morgan fingerprint density at radius 2 is 1.94 bits per heavy atom. The zero-order chi connectivity index (χ0) is 12.9. The van der Waals surface area contributed by atoms with Gasteiger partial charge in [-0.15, -0.1) is 0 Å². The fourth-order valence-electron chi connectivity index (χ4n) is 1.35. The van der Waals surface area contributed by atoms with Gasteiger partial charge in [-0.2, -0.15) is 11.8 Å². The van der Waals surface area contributed by atoms with Gasteiger partial charge in [-0.25, -0.2) is 4.79 Å². The summed E-state index contributed by atoms with van der Waals surface area (Å²) in [5, 5.41) is 12.1. The lowest BCUT2D eigenvalue weighted by Crippen LogP contribution is -2.31.